The van der Waals surface area contributed by atoms with Crippen LogP contribution in [0.5, 0.6) is 0 Å². The van der Waals surface area contributed by atoms with Crippen molar-refractivity contribution in [3.8, 4) is 11.1 Å². The molecule has 1 saturated heterocycles. The first-order chi connectivity index (χ1) is 13.5. The number of primary amides is 1. The van der Waals surface area contributed by atoms with Crippen LogP contribution in [0.15, 0.2) is 48.5 Å². The summed E-state index contributed by atoms with van der Waals surface area (Å²) in [5.74, 6) is -0.197. The Balaban J connectivity index is 1.58. The molecule has 0 bridgehead atoms. The minimum atomic E-state index is -0.677. The van der Waals surface area contributed by atoms with Crippen molar-refractivity contribution in [2.24, 2.45) is 17.1 Å². The number of amides is 2. The third-order valence-electron chi connectivity index (χ3n) is 6.16. The van der Waals surface area contributed by atoms with Crippen molar-refractivity contribution in [3.05, 3.63) is 59.9 Å². The van der Waals surface area contributed by atoms with Gasteiger partial charge in [-0.25, -0.2) is 4.39 Å². The van der Waals surface area contributed by atoms with Gasteiger partial charge >= 0.3 is 0 Å². The lowest BCUT2D eigenvalue weighted by Crippen LogP contribution is -2.50. The highest BCUT2D eigenvalue weighted by atomic mass is 19.1. The maximum atomic E-state index is 13.7. The molecule has 1 aliphatic carbocycles. The lowest BCUT2D eigenvalue weighted by atomic mass is 9.72. The molecule has 0 spiro atoms. The van der Waals surface area contributed by atoms with E-state index in [0.717, 1.165) is 29.5 Å². The molecule has 0 unspecified atom stereocenters. The van der Waals surface area contributed by atoms with Gasteiger partial charge in [0.25, 0.3) is 0 Å². The molecule has 2 fully saturated rings. The van der Waals surface area contributed by atoms with Gasteiger partial charge in [0.05, 0.1) is 5.41 Å². The summed E-state index contributed by atoms with van der Waals surface area (Å²) in [6, 6.07) is 14.3. The summed E-state index contributed by atoms with van der Waals surface area (Å²) in [6.07, 6.45) is 3.60. The molecule has 0 aromatic heterocycles. The average Bonchev–Trinajstić information content (AvgIpc) is 3.54. The number of carbonyl (C=O) groups excluding carboxylic acids is 2. The number of nitrogens with two attached hydrogens (primary N) is 1. The molecule has 1 saturated carbocycles. The molecule has 2 N–H and O–H groups in total. The first-order valence-corrected chi connectivity index (χ1v) is 9.91. The van der Waals surface area contributed by atoms with E-state index in [0.29, 0.717) is 32.4 Å². The van der Waals surface area contributed by atoms with Gasteiger partial charge in [-0.1, -0.05) is 36.4 Å². The Kier molecular flexibility index (Phi) is 4.92. The van der Waals surface area contributed by atoms with Crippen LogP contribution in [0.1, 0.15) is 31.2 Å². The van der Waals surface area contributed by atoms with E-state index in [2.05, 4.69) is 0 Å². The first kappa shape index (κ1) is 18.7. The Bertz CT molecular complexity index is 899. The van der Waals surface area contributed by atoms with Crippen molar-refractivity contribution >= 4 is 11.8 Å². The van der Waals surface area contributed by atoms with Crippen molar-refractivity contribution in [2.75, 3.05) is 13.1 Å². The zero-order chi connectivity index (χ0) is 19.7. The number of halogens is 1. The van der Waals surface area contributed by atoms with Crippen molar-refractivity contribution in [1.82, 2.24) is 4.90 Å². The molecule has 4 nitrogen and oxygen atoms in total. The van der Waals surface area contributed by atoms with E-state index < -0.39 is 5.41 Å². The molecule has 4 rings (SSSR count). The van der Waals surface area contributed by atoms with Gasteiger partial charge in [0.15, 0.2) is 0 Å². The predicted octanol–water partition coefficient (Wildman–Crippen LogP) is 3.54. The van der Waals surface area contributed by atoms with Crippen LogP contribution in [0.25, 0.3) is 11.1 Å². The molecule has 1 heterocycles. The van der Waals surface area contributed by atoms with Crippen LogP contribution in [-0.2, 0) is 16.0 Å². The zero-order valence-electron chi connectivity index (χ0n) is 15.9. The Labute approximate surface area is 164 Å². The molecule has 1 aliphatic heterocycles. The summed E-state index contributed by atoms with van der Waals surface area (Å²) in [5, 5.41) is 0. The van der Waals surface area contributed by atoms with Crippen LogP contribution in [0.2, 0.25) is 0 Å². The molecule has 146 valence electrons. The highest BCUT2D eigenvalue weighted by Crippen LogP contribution is 2.39. The first-order valence-electron chi connectivity index (χ1n) is 9.91. The third-order valence-corrected chi connectivity index (χ3v) is 6.16. The van der Waals surface area contributed by atoms with Crippen molar-refractivity contribution in [2.45, 2.75) is 32.1 Å². The highest BCUT2D eigenvalue weighted by molar-refractivity contribution is 5.84. The third kappa shape index (κ3) is 3.66. The lowest BCUT2D eigenvalue weighted by Gasteiger charge is -2.40. The molecule has 28 heavy (non-hydrogen) atoms. The molecule has 0 atom stereocenters. The lowest BCUT2D eigenvalue weighted by molar-refractivity contribution is -0.139. The standard InChI is InChI=1S/C23H25FN2O2/c24-19-6-3-5-17(14-19)20-7-2-1-4-18(20)15-23(22(25)28)10-12-26(13-11-23)21(27)16-8-9-16/h1-7,14,16H,8-13,15H2,(H2,25,28). The van der Waals surface area contributed by atoms with E-state index in [9.17, 15) is 14.0 Å². The SMILES string of the molecule is NC(=O)C1(Cc2ccccc2-c2cccc(F)c2)CCN(C(=O)C2CC2)CC1. The fraction of sp³-hybridized carbons (Fsp3) is 0.391. The van der Waals surface area contributed by atoms with Crippen LogP contribution in [-0.4, -0.2) is 29.8 Å². The second-order valence-electron chi connectivity index (χ2n) is 8.09. The van der Waals surface area contributed by atoms with E-state index >= 15 is 0 Å². The normalized spacial score (nSPS) is 18.7. The van der Waals surface area contributed by atoms with E-state index in [1.807, 2.05) is 35.2 Å². The van der Waals surface area contributed by atoms with E-state index in [1.165, 1.54) is 12.1 Å². The summed E-state index contributed by atoms with van der Waals surface area (Å²) >= 11 is 0. The molecule has 2 aromatic carbocycles. The topological polar surface area (TPSA) is 63.4 Å². The van der Waals surface area contributed by atoms with Gasteiger partial charge in [-0.05, 0) is 60.9 Å². The predicted molar refractivity (Wildman–Crippen MR) is 106 cm³/mol. The fourth-order valence-corrected chi connectivity index (χ4v) is 4.23. The van der Waals surface area contributed by atoms with Crippen LogP contribution < -0.4 is 5.73 Å². The minimum Gasteiger partial charge on any atom is -0.369 e. The largest absolute Gasteiger partial charge is 0.369 e. The van der Waals surface area contributed by atoms with E-state index in [4.69, 9.17) is 5.73 Å². The summed E-state index contributed by atoms with van der Waals surface area (Å²) in [7, 11) is 0. The van der Waals surface area contributed by atoms with E-state index in [1.54, 1.807) is 6.07 Å². The molecular weight excluding hydrogens is 355 g/mol. The molecule has 0 radical (unpaired) electrons. The molecule has 2 aromatic rings. The average molecular weight is 380 g/mol. The minimum absolute atomic E-state index is 0.190. The van der Waals surface area contributed by atoms with Gasteiger partial charge in [-0.3, -0.25) is 9.59 Å². The van der Waals surface area contributed by atoms with E-state index in [-0.39, 0.29) is 23.5 Å². The van der Waals surface area contributed by atoms with Crippen LogP contribution >= 0.6 is 0 Å². The maximum Gasteiger partial charge on any atom is 0.225 e. The number of nitrogens with zero attached hydrogens (tertiary/aromatic N) is 1. The van der Waals surface area contributed by atoms with Gasteiger partial charge in [0.1, 0.15) is 5.82 Å². The Hall–Kier alpha value is -2.69. The summed E-state index contributed by atoms with van der Waals surface area (Å²) in [4.78, 5) is 26.7. The fourth-order valence-electron chi connectivity index (χ4n) is 4.23. The van der Waals surface area contributed by atoms with Crippen molar-refractivity contribution in [3.63, 3.8) is 0 Å². The Morgan fingerprint density at radius 2 is 1.79 bits per heavy atom. The van der Waals surface area contributed by atoms with Crippen LogP contribution in [0.4, 0.5) is 4.39 Å². The Morgan fingerprint density at radius 1 is 1.07 bits per heavy atom. The second kappa shape index (κ2) is 7.38. The summed E-state index contributed by atoms with van der Waals surface area (Å²) < 4.78 is 13.7. The van der Waals surface area contributed by atoms with Gasteiger partial charge in [-0.2, -0.15) is 0 Å². The molecule has 2 aliphatic rings. The quantitative estimate of drug-likeness (QED) is 0.862. The highest BCUT2D eigenvalue weighted by Gasteiger charge is 2.43. The molecule has 2 amide bonds. The van der Waals surface area contributed by atoms with Crippen LogP contribution in [0, 0.1) is 17.2 Å². The van der Waals surface area contributed by atoms with Gasteiger partial charge in [-0.15, -0.1) is 0 Å². The van der Waals surface area contributed by atoms with Crippen molar-refractivity contribution in [1.29, 1.82) is 0 Å². The number of piperidine rings is 1. The maximum absolute atomic E-state index is 13.7. The van der Waals surface area contributed by atoms with Gasteiger partial charge in [0, 0.05) is 19.0 Å². The number of rotatable bonds is 5. The number of carbonyl (C=O) groups is 2. The smallest absolute Gasteiger partial charge is 0.225 e. The second-order valence-corrected chi connectivity index (χ2v) is 8.09. The summed E-state index contributed by atoms with van der Waals surface area (Å²) in [6.45, 7) is 1.14. The monoisotopic (exact) mass is 380 g/mol. The number of hydrogen-bond donors (Lipinski definition) is 1. The number of benzene rings is 2. The Morgan fingerprint density at radius 3 is 2.43 bits per heavy atom. The summed E-state index contributed by atoms with van der Waals surface area (Å²) in [5.41, 5.74) is 7.86. The molecule has 5 heteroatoms. The number of hydrogen-bond acceptors (Lipinski definition) is 2. The zero-order valence-corrected chi connectivity index (χ0v) is 15.9. The van der Waals surface area contributed by atoms with Crippen molar-refractivity contribution < 1.29 is 14.0 Å². The number of likely N-dealkylation sites (tertiary alicyclic amines) is 1. The van der Waals surface area contributed by atoms with Gasteiger partial charge in [0.2, 0.25) is 11.8 Å². The van der Waals surface area contributed by atoms with Gasteiger partial charge < -0.3 is 10.6 Å². The molecular formula is C23H25FN2O2. The van der Waals surface area contributed by atoms with Crippen LogP contribution in [0.3, 0.4) is 0 Å².